The van der Waals surface area contributed by atoms with Crippen molar-refractivity contribution in [2.45, 2.75) is 29.5 Å². The number of aromatic nitrogens is 1. The SMILES string of the molecule is CON=C(C(=O)N[C@@H]1C(=O)N2C(C(=O)O)=C(C3CCCS3)CS[C@H]12)c1csc(N)n1. The number of nitrogen functional groups attached to an aromatic ring is 1. The molecule has 0 bridgehead atoms. The maximum absolute atomic E-state index is 12.8. The molecule has 4 heterocycles. The third-order valence-electron chi connectivity index (χ3n) is 4.97. The van der Waals surface area contributed by atoms with Crippen molar-refractivity contribution in [1.82, 2.24) is 15.2 Å². The first-order valence-electron chi connectivity index (χ1n) is 9.08. The molecule has 0 saturated carbocycles. The lowest BCUT2D eigenvalue weighted by Crippen LogP contribution is -2.71. The van der Waals surface area contributed by atoms with Gasteiger partial charge in [0, 0.05) is 16.4 Å². The van der Waals surface area contributed by atoms with Crippen molar-refractivity contribution in [3.63, 3.8) is 0 Å². The van der Waals surface area contributed by atoms with Crippen molar-refractivity contribution >= 4 is 63.5 Å². The van der Waals surface area contributed by atoms with Crippen LogP contribution in [-0.4, -0.2) is 73.8 Å². The van der Waals surface area contributed by atoms with Crippen molar-refractivity contribution in [2.75, 3.05) is 24.3 Å². The number of carboxylic acids is 1. The van der Waals surface area contributed by atoms with Gasteiger partial charge in [-0.15, -0.1) is 23.1 Å². The molecular weight excluding hydrogens is 450 g/mol. The van der Waals surface area contributed by atoms with Gasteiger partial charge in [0.1, 0.15) is 29.9 Å². The molecular formula is C17H19N5O5S3. The average Bonchev–Trinajstić information content (AvgIpc) is 3.40. The summed E-state index contributed by atoms with van der Waals surface area (Å²) < 4.78 is 0. The summed E-state index contributed by atoms with van der Waals surface area (Å²) in [6.45, 7) is 0. The molecule has 2 saturated heterocycles. The number of rotatable bonds is 6. The van der Waals surface area contributed by atoms with Gasteiger partial charge in [0.25, 0.3) is 11.8 Å². The lowest BCUT2D eigenvalue weighted by Gasteiger charge is -2.50. The fourth-order valence-corrected chi connectivity index (χ4v) is 7.07. The molecule has 2 fully saturated rings. The second-order valence-corrected chi connectivity index (χ2v) is 10.0. The minimum Gasteiger partial charge on any atom is -0.477 e. The lowest BCUT2D eigenvalue weighted by atomic mass is 10.00. The number of carbonyl (C=O) groups is 3. The van der Waals surface area contributed by atoms with E-state index in [1.165, 1.54) is 23.8 Å². The summed E-state index contributed by atoms with van der Waals surface area (Å²) in [5, 5.41) is 17.6. The van der Waals surface area contributed by atoms with Crippen LogP contribution in [0.1, 0.15) is 18.5 Å². The first-order chi connectivity index (χ1) is 14.4. The molecule has 1 aromatic rings. The first-order valence-corrected chi connectivity index (χ1v) is 12.1. The van der Waals surface area contributed by atoms with E-state index in [0.29, 0.717) is 5.75 Å². The van der Waals surface area contributed by atoms with Gasteiger partial charge in [0.2, 0.25) is 0 Å². The van der Waals surface area contributed by atoms with Crippen LogP contribution in [0.4, 0.5) is 5.13 Å². The Kier molecular flexibility index (Phi) is 5.93. The van der Waals surface area contributed by atoms with Gasteiger partial charge in [-0.05, 0) is 24.2 Å². The van der Waals surface area contributed by atoms with E-state index in [9.17, 15) is 19.5 Å². The second-order valence-electron chi connectivity index (χ2n) is 6.74. The number of nitrogens with zero attached hydrogens (tertiary/aromatic N) is 3. The summed E-state index contributed by atoms with van der Waals surface area (Å²) >= 11 is 4.34. The molecule has 2 amide bonds. The highest BCUT2D eigenvalue weighted by atomic mass is 32.2. The van der Waals surface area contributed by atoms with Gasteiger partial charge in [-0.1, -0.05) is 5.16 Å². The Hall–Kier alpha value is -2.25. The number of thiazole rings is 1. The minimum absolute atomic E-state index is 0.0618. The summed E-state index contributed by atoms with van der Waals surface area (Å²) in [4.78, 5) is 47.6. The molecule has 3 atom stereocenters. The Morgan fingerprint density at radius 1 is 1.43 bits per heavy atom. The number of anilines is 1. The number of carboxylic acid groups (broad SMARTS) is 1. The molecule has 0 aromatic carbocycles. The number of aliphatic carboxylic acids is 1. The number of hydrogen-bond acceptors (Lipinski definition) is 10. The molecule has 30 heavy (non-hydrogen) atoms. The van der Waals surface area contributed by atoms with Crippen molar-refractivity contribution in [3.05, 3.63) is 22.3 Å². The van der Waals surface area contributed by atoms with Gasteiger partial charge in [-0.2, -0.15) is 11.8 Å². The van der Waals surface area contributed by atoms with E-state index in [1.807, 2.05) is 0 Å². The van der Waals surface area contributed by atoms with Crippen molar-refractivity contribution in [1.29, 1.82) is 0 Å². The van der Waals surface area contributed by atoms with Crippen molar-refractivity contribution in [2.24, 2.45) is 5.16 Å². The smallest absolute Gasteiger partial charge is 0.352 e. The molecule has 160 valence electrons. The van der Waals surface area contributed by atoms with Crippen LogP contribution in [0.25, 0.3) is 0 Å². The molecule has 0 radical (unpaired) electrons. The first kappa shape index (κ1) is 21.0. The highest BCUT2D eigenvalue weighted by Gasteiger charge is 2.55. The topological polar surface area (TPSA) is 147 Å². The Labute approximate surface area is 184 Å². The van der Waals surface area contributed by atoms with E-state index < -0.39 is 29.2 Å². The van der Waals surface area contributed by atoms with Crippen LogP contribution in [0, 0.1) is 0 Å². The summed E-state index contributed by atoms with van der Waals surface area (Å²) in [7, 11) is 1.29. The Bertz CT molecular complexity index is 955. The van der Waals surface area contributed by atoms with Crippen LogP contribution in [0.3, 0.4) is 0 Å². The third kappa shape index (κ3) is 3.65. The number of nitrogens with one attached hydrogen (secondary N) is 1. The molecule has 10 nitrogen and oxygen atoms in total. The molecule has 4 rings (SSSR count). The van der Waals surface area contributed by atoms with E-state index in [-0.39, 0.29) is 27.5 Å². The summed E-state index contributed by atoms with van der Waals surface area (Å²) in [5.74, 6) is -0.695. The number of hydrogen-bond donors (Lipinski definition) is 3. The van der Waals surface area contributed by atoms with E-state index in [2.05, 4.69) is 15.5 Å². The van der Waals surface area contributed by atoms with Gasteiger partial charge in [-0.3, -0.25) is 14.5 Å². The van der Waals surface area contributed by atoms with Gasteiger partial charge < -0.3 is 21.0 Å². The van der Waals surface area contributed by atoms with E-state index in [1.54, 1.807) is 17.1 Å². The fraction of sp³-hybridized carbons (Fsp3) is 0.471. The second kappa shape index (κ2) is 8.47. The third-order valence-corrected chi connectivity index (χ3v) is 8.39. The van der Waals surface area contributed by atoms with Gasteiger partial charge in [0.05, 0.1) is 0 Å². The molecule has 0 aliphatic carbocycles. The molecule has 0 spiro atoms. The zero-order chi connectivity index (χ0) is 21.4. The zero-order valence-corrected chi connectivity index (χ0v) is 18.3. The normalized spacial score (nSPS) is 26.3. The molecule has 1 unspecified atom stereocenters. The number of thioether (sulfide) groups is 2. The molecule has 3 aliphatic rings. The highest BCUT2D eigenvalue weighted by Crippen LogP contribution is 2.45. The molecule has 3 aliphatic heterocycles. The maximum atomic E-state index is 12.8. The zero-order valence-electron chi connectivity index (χ0n) is 15.9. The van der Waals surface area contributed by atoms with Gasteiger partial charge in [-0.25, -0.2) is 9.78 Å². The van der Waals surface area contributed by atoms with E-state index in [4.69, 9.17) is 10.6 Å². The van der Waals surface area contributed by atoms with Crippen LogP contribution in [0.2, 0.25) is 0 Å². The summed E-state index contributed by atoms with van der Waals surface area (Å²) in [5.41, 5.74) is 6.62. The van der Waals surface area contributed by atoms with E-state index in [0.717, 1.165) is 35.5 Å². The Morgan fingerprint density at radius 3 is 2.83 bits per heavy atom. The lowest BCUT2D eigenvalue weighted by molar-refractivity contribution is -0.150. The number of fused-ring (bicyclic) bond motifs is 1. The highest BCUT2D eigenvalue weighted by molar-refractivity contribution is 8.01. The van der Waals surface area contributed by atoms with Crippen molar-refractivity contribution < 1.29 is 24.3 Å². The van der Waals surface area contributed by atoms with Gasteiger partial charge >= 0.3 is 5.97 Å². The predicted molar refractivity (Wildman–Crippen MR) is 115 cm³/mol. The summed E-state index contributed by atoms with van der Waals surface area (Å²) in [6, 6.07) is -0.854. The Morgan fingerprint density at radius 2 is 2.23 bits per heavy atom. The number of carbonyl (C=O) groups excluding carboxylic acids is 2. The predicted octanol–water partition coefficient (Wildman–Crippen LogP) is 0.710. The summed E-state index contributed by atoms with van der Waals surface area (Å²) in [6.07, 6.45) is 1.95. The van der Waals surface area contributed by atoms with Crippen LogP contribution >= 0.6 is 34.9 Å². The standard InChI is InChI=1S/C17H19N5O5S3/c1-27-21-10(8-6-30-17(18)19-8)13(23)20-11-14(24)22-12(16(25)26)7(5-29-15(11)22)9-3-2-4-28-9/h6,9,11,15H,2-5H2,1H3,(H2,18,19)(H,20,23)(H,25,26)/t9?,11-,15-/m1/s1. The molecule has 4 N–H and O–H groups in total. The quantitative estimate of drug-likeness (QED) is 0.311. The fourth-order valence-electron chi connectivity index (χ4n) is 3.64. The average molecular weight is 470 g/mol. The van der Waals surface area contributed by atoms with Crippen LogP contribution in [0.5, 0.6) is 0 Å². The number of amides is 2. The largest absolute Gasteiger partial charge is 0.477 e. The monoisotopic (exact) mass is 469 g/mol. The number of oxime groups is 1. The molecule has 13 heteroatoms. The molecule has 1 aromatic heterocycles. The van der Waals surface area contributed by atoms with Crippen molar-refractivity contribution in [3.8, 4) is 0 Å². The van der Waals surface area contributed by atoms with Gasteiger partial charge in [0.15, 0.2) is 10.8 Å². The number of nitrogens with two attached hydrogens (primary N) is 1. The number of β-lactam (4-membered cyclic amide) rings is 1. The Balaban J connectivity index is 1.53. The van der Waals surface area contributed by atoms with Crippen LogP contribution in [0.15, 0.2) is 21.8 Å². The van der Waals surface area contributed by atoms with Crippen LogP contribution < -0.4 is 11.1 Å². The van der Waals surface area contributed by atoms with Crippen LogP contribution in [-0.2, 0) is 19.2 Å². The van der Waals surface area contributed by atoms with E-state index >= 15 is 0 Å². The maximum Gasteiger partial charge on any atom is 0.352 e. The minimum atomic E-state index is -1.11.